The van der Waals surface area contributed by atoms with Gasteiger partial charge in [0.2, 0.25) is 0 Å². The minimum Gasteiger partial charge on any atom is -0.348 e. The Morgan fingerprint density at radius 3 is 2.64 bits per heavy atom. The zero-order chi connectivity index (χ0) is 17.8. The van der Waals surface area contributed by atoms with Gasteiger partial charge in [-0.05, 0) is 43.7 Å². The molecule has 25 heavy (non-hydrogen) atoms. The molecular weight excluding hydrogens is 334 g/mol. The summed E-state index contributed by atoms with van der Waals surface area (Å²) in [6.45, 7) is 5.01. The van der Waals surface area contributed by atoms with Gasteiger partial charge in [-0.2, -0.15) is 0 Å². The van der Waals surface area contributed by atoms with Crippen molar-refractivity contribution in [2.24, 2.45) is 0 Å². The Balaban J connectivity index is 1.75. The molecule has 4 nitrogen and oxygen atoms in total. The highest BCUT2D eigenvalue weighted by Gasteiger charge is 2.16. The summed E-state index contributed by atoms with van der Waals surface area (Å²) in [4.78, 5) is 16.9. The third-order valence-electron chi connectivity index (χ3n) is 4.26. The number of benzene rings is 1. The van der Waals surface area contributed by atoms with E-state index in [1.54, 1.807) is 6.20 Å². The molecule has 0 atom stereocenters. The van der Waals surface area contributed by atoms with E-state index in [1.165, 1.54) is 0 Å². The zero-order valence-electron chi connectivity index (χ0n) is 14.3. The van der Waals surface area contributed by atoms with E-state index in [1.807, 2.05) is 62.4 Å². The number of carbonyl (C=O) groups is 1. The van der Waals surface area contributed by atoms with Crippen LogP contribution >= 0.6 is 11.6 Å². The molecule has 1 N–H and O–H groups in total. The number of aromatic nitrogens is 2. The first kappa shape index (κ1) is 17.2. The number of pyridine rings is 1. The molecule has 128 valence electrons. The van der Waals surface area contributed by atoms with Gasteiger partial charge in [0.05, 0.1) is 17.8 Å². The van der Waals surface area contributed by atoms with Gasteiger partial charge in [0.1, 0.15) is 0 Å². The lowest BCUT2D eigenvalue weighted by Gasteiger charge is -2.10. The number of carbonyl (C=O) groups excluding carboxylic acids is 1. The fourth-order valence-electron chi connectivity index (χ4n) is 2.84. The molecule has 0 bridgehead atoms. The third-order valence-corrected chi connectivity index (χ3v) is 4.63. The van der Waals surface area contributed by atoms with Gasteiger partial charge in [-0.15, -0.1) is 0 Å². The minimum atomic E-state index is -0.0970. The monoisotopic (exact) mass is 353 g/mol. The number of hydrogen-bond donors (Lipinski definition) is 1. The zero-order valence-corrected chi connectivity index (χ0v) is 15.0. The molecule has 0 fully saturated rings. The topological polar surface area (TPSA) is 46.9 Å². The molecule has 1 aromatic carbocycles. The second kappa shape index (κ2) is 7.53. The Kier molecular flexibility index (Phi) is 5.19. The van der Waals surface area contributed by atoms with Crippen molar-refractivity contribution < 1.29 is 4.79 Å². The van der Waals surface area contributed by atoms with Crippen molar-refractivity contribution in [2.75, 3.05) is 0 Å². The van der Waals surface area contributed by atoms with Gasteiger partial charge in [-0.1, -0.05) is 35.9 Å². The van der Waals surface area contributed by atoms with E-state index >= 15 is 0 Å². The Labute approximate surface area is 152 Å². The predicted octanol–water partition coefficient (Wildman–Crippen LogP) is 4.13. The van der Waals surface area contributed by atoms with E-state index in [0.717, 1.165) is 22.6 Å². The molecule has 0 unspecified atom stereocenters. The lowest BCUT2D eigenvalue weighted by molar-refractivity contribution is 0.0950. The average molecular weight is 354 g/mol. The highest BCUT2D eigenvalue weighted by molar-refractivity contribution is 6.31. The molecule has 0 aliphatic rings. The Morgan fingerprint density at radius 2 is 1.92 bits per heavy atom. The molecule has 3 aromatic rings. The van der Waals surface area contributed by atoms with Gasteiger partial charge >= 0.3 is 0 Å². The van der Waals surface area contributed by atoms with Crippen LogP contribution in [-0.2, 0) is 13.1 Å². The Bertz CT molecular complexity index is 887. The lowest BCUT2D eigenvalue weighted by atomic mass is 10.2. The second-order valence-corrected chi connectivity index (χ2v) is 6.37. The summed E-state index contributed by atoms with van der Waals surface area (Å²) in [6, 6.07) is 15.3. The molecule has 5 heteroatoms. The molecule has 0 saturated heterocycles. The Hall–Kier alpha value is -2.59. The minimum absolute atomic E-state index is 0.0970. The van der Waals surface area contributed by atoms with Crippen LogP contribution < -0.4 is 5.32 Å². The van der Waals surface area contributed by atoms with Crippen LogP contribution in [0.15, 0.2) is 54.7 Å². The van der Waals surface area contributed by atoms with E-state index in [2.05, 4.69) is 14.9 Å². The first-order valence-electron chi connectivity index (χ1n) is 8.14. The quantitative estimate of drug-likeness (QED) is 0.749. The summed E-state index contributed by atoms with van der Waals surface area (Å²) in [7, 11) is 0. The van der Waals surface area contributed by atoms with Gasteiger partial charge in [0, 0.05) is 29.2 Å². The summed E-state index contributed by atoms with van der Waals surface area (Å²) in [5.41, 5.74) is 4.51. The van der Waals surface area contributed by atoms with Gasteiger partial charge in [-0.25, -0.2) is 0 Å². The van der Waals surface area contributed by atoms with Crippen LogP contribution in [0.2, 0.25) is 5.02 Å². The number of nitrogens with zero attached hydrogens (tertiary/aromatic N) is 2. The average Bonchev–Trinajstić information content (AvgIpc) is 2.90. The number of halogens is 1. The number of nitrogens with one attached hydrogen (secondary N) is 1. The van der Waals surface area contributed by atoms with E-state index in [9.17, 15) is 4.79 Å². The summed E-state index contributed by atoms with van der Waals surface area (Å²) in [5.74, 6) is -0.0970. The van der Waals surface area contributed by atoms with E-state index in [4.69, 9.17) is 11.6 Å². The van der Waals surface area contributed by atoms with Crippen molar-refractivity contribution in [3.63, 3.8) is 0 Å². The van der Waals surface area contributed by atoms with Gasteiger partial charge in [-0.3, -0.25) is 9.78 Å². The number of hydrogen-bond acceptors (Lipinski definition) is 2. The second-order valence-electron chi connectivity index (χ2n) is 5.97. The molecule has 0 spiro atoms. The summed E-state index contributed by atoms with van der Waals surface area (Å²) in [6.07, 6.45) is 1.78. The number of amides is 1. The molecule has 0 aliphatic heterocycles. The molecule has 3 rings (SSSR count). The predicted molar refractivity (Wildman–Crippen MR) is 99.9 cm³/mol. The van der Waals surface area contributed by atoms with Gasteiger partial charge in [0.25, 0.3) is 5.91 Å². The van der Waals surface area contributed by atoms with Crippen molar-refractivity contribution in [2.45, 2.75) is 26.9 Å². The molecular formula is C20H20ClN3O. The first-order chi connectivity index (χ1) is 12.1. The largest absolute Gasteiger partial charge is 0.348 e. The molecule has 0 saturated carbocycles. The Morgan fingerprint density at radius 1 is 1.16 bits per heavy atom. The summed E-state index contributed by atoms with van der Waals surface area (Å²) in [5, 5.41) is 3.60. The third kappa shape index (κ3) is 3.91. The fourth-order valence-corrected chi connectivity index (χ4v) is 3.04. The smallest absolute Gasteiger partial charge is 0.253 e. The van der Waals surface area contributed by atoms with Crippen LogP contribution in [0.25, 0.3) is 0 Å². The maximum Gasteiger partial charge on any atom is 0.253 e. The van der Waals surface area contributed by atoms with Crippen LogP contribution in [0, 0.1) is 13.8 Å². The maximum absolute atomic E-state index is 12.6. The first-order valence-corrected chi connectivity index (χ1v) is 8.52. The maximum atomic E-state index is 12.6. The van der Waals surface area contributed by atoms with E-state index < -0.39 is 0 Å². The highest BCUT2D eigenvalue weighted by Crippen LogP contribution is 2.18. The van der Waals surface area contributed by atoms with Crippen LogP contribution in [0.5, 0.6) is 0 Å². The van der Waals surface area contributed by atoms with Crippen LogP contribution in [0.3, 0.4) is 0 Å². The molecule has 0 aliphatic carbocycles. The van der Waals surface area contributed by atoms with Crippen LogP contribution in [-0.4, -0.2) is 15.5 Å². The molecule has 2 heterocycles. The summed E-state index contributed by atoms with van der Waals surface area (Å²) >= 11 is 6.14. The van der Waals surface area contributed by atoms with Crippen molar-refractivity contribution >= 4 is 17.5 Å². The van der Waals surface area contributed by atoms with Crippen LogP contribution in [0.4, 0.5) is 0 Å². The fraction of sp³-hybridized carbons (Fsp3) is 0.200. The lowest BCUT2D eigenvalue weighted by Crippen LogP contribution is -2.23. The number of aryl methyl sites for hydroxylation is 1. The molecule has 0 radical (unpaired) electrons. The van der Waals surface area contributed by atoms with Crippen LogP contribution in [0.1, 0.15) is 33.0 Å². The normalized spacial score (nSPS) is 10.7. The van der Waals surface area contributed by atoms with E-state index in [0.29, 0.717) is 23.7 Å². The van der Waals surface area contributed by atoms with Crippen molar-refractivity contribution in [3.8, 4) is 0 Å². The SMILES string of the molecule is Cc1cc(C(=O)NCc2ccccc2Cl)c(C)n1Cc1ccccn1. The molecule has 1 amide bonds. The number of rotatable bonds is 5. The van der Waals surface area contributed by atoms with Crippen molar-refractivity contribution in [1.82, 2.24) is 14.9 Å². The van der Waals surface area contributed by atoms with Crippen molar-refractivity contribution in [3.05, 3.63) is 88.0 Å². The van der Waals surface area contributed by atoms with Crippen molar-refractivity contribution in [1.29, 1.82) is 0 Å². The van der Waals surface area contributed by atoms with Gasteiger partial charge < -0.3 is 9.88 Å². The van der Waals surface area contributed by atoms with Gasteiger partial charge in [0.15, 0.2) is 0 Å². The summed E-state index contributed by atoms with van der Waals surface area (Å²) < 4.78 is 2.10. The molecule has 2 aromatic heterocycles. The standard InChI is InChI=1S/C20H20ClN3O/c1-14-11-18(15(2)24(14)13-17-8-5-6-10-22-17)20(25)23-12-16-7-3-4-9-19(16)21/h3-11H,12-13H2,1-2H3,(H,23,25). The highest BCUT2D eigenvalue weighted by atomic mass is 35.5. The van der Waals surface area contributed by atoms with E-state index in [-0.39, 0.29) is 5.91 Å².